The molecular weight excluding hydrogens is 188 g/mol. The van der Waals surface area contributed by atoms with Crippen LogP contribution in [0.1, 0.15) is 40.5 Å². The fourth-order valence-corrected chi connectivity index (χ4v) is 1.75. The van der Waals surface area contributed by atoms with Crippen LogP contribution < -0.4 is 5.43 Å². The van der Waals surface area contributed by atoms with E-state index in [0.717, 1.165) is 18.5 Å². The van der Waals surface area contributed by atoms with Gasteiger partial charge in [-0.3, -0.25) is 9.80 Å². The van der Waals surface area contributed by atoms with E-state index in [9.17, 15) is 4.79 Å². The van der Waals surface area contributed by atoms with Gasteiger partial charge in [0.1, 0.15) is 5.66 Å². The zero-order valence-electron chi connectivity index (χ0n) is 9.85. The van der Waals surface area contributed by atoms with Crippen LogP contribution in [0.5, 0.6) is 0 Å². The number of carbonyl (C=O) groups excluding carboxylic acids is 1. The van der Waals surface area contributed by atoms with Crippen molar-refractivity contribution in [1.82, 2.24) is 10.4 Å². The maximum absolute atomic E-state index is 11.3. The Morgan fingerprint density at radius 1 is 1.47 bits per heavy atom. The van der Waals surface area contributed by atoms with Crippen LogP contribution in [-0.2, 0) is 4.79 Å². The minimum absolute atomic E-state index is 0.0699. The quantitative estimate of drug-likeness (QED) is 0.330. The Hall–Kier alpha value is -1.27. The summed E-state index contributed by atoms with van der Waals surface area (Å²) in [6.07, 6.45) is 3.64. The van der Waals surface area contributed by atoms with Crippen LogP contribution in [-0.4, -0.2) is 16.5 Å². The Bertz CT molecular complexity index is 342. The molecule has 0 aromatic heterocycles. The molecule has 1 aliphatic heterocycles. The van der Waals surface area contributed by atoms with Crippen molar-refractivity contribution in [3.8, 4) is 11.8 Å². The average Bonchev–Trinajstić information content (AvgIpc) is 2.93. The molecule has 0 aromatic carbocycles. The predicted molar refractivity (Wildman–Crippen MR) is 60.5 cm³/mol. The van der Waals surface area contributed by atoms with Crippen LogP contribution in [0.4, 0.5) is 0 Å². The number of hydrogen-bond acceptors (Lipinski definition) is 3. The number of hydrogen-bond donors (Lipinski definition) is 1. The Labute approximate surface area is 91.5 Å². The fourth-order valence-electron chi connectivity index (χ4n) is 1.75. The van der Waals surface area contributed by atoms with Crippen molar-refractivity contribution in [1.29, 1.82) is 0 Å². The van der Waals surface area contributed by atoms with Gasteiger partial charge in [0.25, 0.3) is 0 Å². The summed E-state index contributed by atoms with van der Waals surface area (Å²) in [5.74, 6) is 4.97. The van der Waals surface area contributed by atoms with Crippen molar-refractivity contribution in [3.63, 3.8) is 0 Å². The Morgan fingerprint density at radius 3 is 2.47 bits per heavy atom. The zero-order valence-corrected chi connectivity index (χ0v) is 9.85. The molecule has 0 saturated carbocycles. The van der Waals surface area contributed by atoms with Crippen LogP contribution >= 0.6 is 0 Å². The highest BCUT2D eigenvalue weighted by atomic mass is 16.1. The molecule has 1 aliphatic rings. The maximum atomic E-state index is 11.3. The van der Waals surface area contributed by atoms with Gasteiger partial charge in [0.15, 0.2) is 0 Å². The molecule has 0 unspecified atom stereocenters. The highest BCUT2D eigenvalue weighted by molar-refractivity contribution is 6.04. The Kier molecular flexibility index (Phi) is 3.54. The van der Waals surface area contributed by atoms with E-state index in [1.54, 1.807) is 13.0 Å². The van der Waals surface area contributed by atoms with E-state index in [0.29, 0.717) is 0 Å². The van der Waals surface area contributed by atoms with E-state index in [1.165, 1.54) is 0 Å². The lowest BCUT2D eigenvalue weighted by Crippen LogP contribution is -2.16. The van der Waals surface area contributed by atoms with Crippen LogP contribution in [0.25, 0.3) is 0 Å². The molecule has 0 aromatic rings. The minimum Gasteiger partial charge on any atom is -0.289 e. The highest BCUT2D eigenvalue weighted by Gasteiger charge is 2.48. The summed E-state index contributed by atoms with van der Waals surface area (Å²) < 4.78 is 0. The van der Waals surface area contributed by atoms with E-state index < -0.39 is 0 Å². The zero-order chi connectivity index (χ0) is 11.5. The molecule has 0 aliphatic carbocycles. The third kappa shape index (κ3) is 2.40. The summed E-state index contributed by atoms with van der Waals surface area (Å²) in [7, 11) is 0. The normalized spacial score (nSPS) is 18.1. The molecule has 3 heteroatoms. The van der Waals surface area contributed by atoms with Gasteiger partial charge in [-0.05, 0) is 32.6 Å². The lowest BCUT2D eigenvalue weighted by molar-refractivity contribution is -0.109. The van der Waals surface area contributed by atoms with Crippen LogP contribution in [0, 0.1) is 11.8 Å². The van der Waals surface area contributed by atoms with E-state index in [1.807, 2.05) is 11.9 Å². The number of nitrogens with zero attached hydrogens (tertiary/aromatic N) is 1. The number of hydrazine groups is 1. The lowest BCUT2D eigenvalue weighted by atomic mass is 10.1. The molecule has 1 rings (SSSR count). The minimum atomic E-state index is -0.134. The molecule has 15 heavy (non-hydrogen) atoms. The predicted octanol–water partition coefficient (Wildman–Crippen LogP) is 1.82. The molecule has 82 valence electrons. The third-order valence-corrected chi connectivity index (χ3v) is 2.81. The van der Waals surface area contributed by atoms with Gasteiger partial charge in [0.05, 0.1) is 0 Å². The molecule has 1 heterocycles. The molecule has 0 spiro atoms. The molecule has 0 amide bonds. The Morgan fingerprint density at radius 2 is 2.07 bits per heavy atom. The van der Waals surface area contributed by atoms with Crippen molar-refractivity contribution in [2.75, 3.05) is 0 Å². The first-order chi connectivity index (χ1) is 7.09. The van der Waals surface area contributed by atoms with Gasteiger partial charge >= 0.3 is 0 Å². The van der Waals surface area contributed by atoms with Crippen molar-refractivity contribution in [2.24, 2.45) is 0 Å². The van der Waals surface area contributed by atoms with Crippen molar-refractivity contribution in [2.45, 2.75) is 46.2 Å². The highest BCUT2D eigenvalue weighted by Crippen LogP contribution is 2.35. The lowest BCUT2D eigenvalue weighted by Gasteiger charge is -2.10. The van der Waals surface area contributed by atoms with Crippen LogP contribution in [0.2, 0.25) is 0 Å². The first-order valence-corrected chi connectivity index (χ1v) is 5.32. The molecule has 1 N–H and O–H groups in total. The van der Waals surface area contributed by atoms with Gasteiger partial charge in [-0.2, -0.15) is 0 Å². The van der Waals surface area contributed by atoms with Gasteiger partial charge in [-0.15, -0.1) is 0 Å². The SMILES string of the molecule is CC#CC(=O)/C=C(/C)N1NC1(CC)CC. The molecule has 0 radical (unpaired) electrons. The first kappa shape index (κ1) is 11.8. The Balaban J connectivity index is 2.67. The van der Waals surface area contributed by atoms with E-state index in [2.05, 4.69) is 31.1 Å². The average molecular weight is 206 g/mol. The second-order valence-corrected chi connectivity index (χ2v) is 3.71. The van der Waals surface area contributed by atoms with Gasteiger partial charge in [0, 0.05) is 11.8 Å². The van der Waals surface area contributed by atoms with E-state index >= 15 is 0 Å². The molecular formula is C12H18N2O. The number of carbonyl (C=O) groups is 1. The maximum Gasteiger partial charge on any atom is 0.230 e. The van der Waals surface area contributed by atoms with Crippen molar-refractivity contribution < 1.29 is 4.79 Å². The smallest absolute Gasteiger partial charge is 0.230 e. The van der Waals surface area contributed by atoms with E-state index in [4.69, 9.17) is 0 Å². The standard InChI is InChI=1S/C12H18N2O/c1-5-8-11(15)9-10(4)14-12(6-2,7-3)13-14/h9,13H,6-7H2,1-4H3/b10-9-. The van der Waals surface area contributed by atoms with Crippen molar-refractivity contribution in [3.05, 3.63) is 11.8 Å². The summed E-state index contributed by atoms with van der Waals surface area (Å²) >= 11 is 0. The number of rotatable bonds is 4. The van der Waals surface area contributed by atoms with Gasteiger partial charge in [-0.1, -0.05) is 19.8 Å². The first-order valence-electron chi connectivity index (χ1n) is 5.32. The number of allylic oxidation sites excluding steroid dienone is 2. The van der Waals surface area contributed by atoms with Crippen LogP contribution in [0.15, 0.2) is 11.8 Å². The van der Waals surface area contributed by atoms with Gasteiger partial charge in [0.2, 0.25) is 5.78 Å². The second-order valence-electron chi connectivity index (χ2n) is 3.71. The molecule has 1 fully saturated rings. The van der Waals surface area contributed by atoms with E-state index in [-0.39, 0.29) is 11.4 Å². The second kappa shape index (κ2) is 4.50. The van der Waals surface area contributed by atoms with Crippen molar-refractivity contribution >= 4 is 5.78 Å². The van der Waals surface area contributed by atoms with Gasteiger partial charge in [-0.25, -0.2) is 5.43 Å². The monoisotopic (exact) mass is 206 g/mol. The molecule has 1 saturated heterocycles. The number of nitrogens with one attached hydrogen (secondary N) is 1. The third-order valence-electron chi connectivity index (χ3n) is 2.81. The largest absolute Gasteiger partial charge is 0.289 e. The summed E-state index contributed by atoms with van der Waals surface area (Å²) in [6, 6.07) is 0. The fraction of sp³-hybridized carbons (Fsp3) is 0.583. The molecule has 3 nitrogen and oxygen atoms in total. The number of ketones is 1. The van der Waals surface area contributed by atoms with Crippen LogP contribution in [0.3, 0.4) is 0 Å². The summed E-state index contributed by atoms with van der Waals surface area (Å²) in [5, 5.41) is 2.04. The summed E-state index contributed by atoms with van der Waals surface area (Å²) in [5.41, 5.74) is 4.30. The molecule has 0 atom stereocenters. The van der Waals surface area contributed by atoms with Gasteiger partial charge < -0.3 is 0 Å². The molecule has 0 bridgehead atoms. The summed E-state index contributed by atoms with van der Waals surface area (Å²) in [4.78, 5) is 11.3. The topological polar surface area (TPSA) is 42.0 Å². The summed E-state index contributed by atoms with van der Waals surface area (Å²) in [6.45, 7) is 7.86.